The zero-order valence-corrected chi connectivity index (χ0v) is 9.26. The van der Waals surface area contributed by atoms with E-state index in [0.29, 0.717) is 11.3 Å². The fourth-order valence-electron chi connectivity index (χ4n) is 1.50. The van der Waals surface area contributed by atoms with Crippen molar-refractivity contribution in [1.82, 2.24) is 14.1 Å². The monoisotopic (exact) mass is 241 g/mol. The maximum absolute atomic E-state index is 13.6. The van der Waals surface area contributed by atoms with Crippen LogP contribution in [0.15, 0.2) is 24.4 Å². The van der Waals surface area contributed by atoms with Crippen molar-refractivity contribution < 1.29 is 8.78 Å². The molecule has 0 saturated heterocycles. The Bertz CT molecular complexity index is 473. The maximum Gasteiger partial charge on any atom is 0.131 e. The summed E-state index contributed by atoms with van der Waals surface area (Å²) in [6, 6.07) is 3.09. The van der Waals surface area contributed by atoms with Crippen LogP contribution in [0.4, 0.5) is 8.78 Å². The fourth-order valence-corrected chi connectivity index (χ4v) is 1.95. The van der Waals surface area contributed by atoms with Gasteiger partial charge in [0.05, 0.1) is 29.7 Å². The van der Waals surface area contributed by atoms with Crippen molar-refractivity contribution in [3.63, 3.8) is 0 Å². The van der Waals surface area contributed by atoms with E-state index in [-0.39, 0.29) is 0 Å². The van der Waals surface area contributed by atoms with E-state index in [1.807, 2.05) is 0 Å². The highest BCUT2D eigenvalue weighted by atomic mass is 32.1. The number of nitrogens with zero attached hydrogens (tertiary/aromatic N) is 2. The first-order valence-electron chi connectivity index (χ1n) is 4.62. The molecule has 6 heteroatoms. The molecule has 2 aromatic rings. The average Bonchev–Trinajstić information content (AvgIpc) is 2.75. The van der Waals surface area contributed by atoms with E-state index in [0.717, 1.165) is 17.8 Å². The lowest BCUT2D eigenvalue weighted by Crippen LogP contribution is -2.19. The quantitative estimate of drug-likeness (QED) is 0.894. The molecule has 1 heterocycles. The molecule has 0 radical (unpaired) electrons. The minimum absolute atomic E-state index is 0.358. The van der Waals surface area contributed by atoms with Crippen molar-refractivity contribution >= 4 is 11.7 Å². The molecule has 1 aromatic carbocycles. The Morgan fingerprint density at radius 2 is 2.19 bits per heavy atom. The molecule has 0 bridgehead atoms. The molecule has 0 aliphatic rings. The highest BCUT2D eigenvalue weighted by molar-refractivity contribution is 6.99. The van der Waals surface area contributed by atoms with Gasteiger partial charge >= 0.3 is 0 Å². The highest BCUT2D eigenvalue weighted by Gasteiger charge is 2.18. The van der Waals surface area contributed by atoms with Crippen LogP contribution < -0.4 is 5.32 Å². The SMILES string of the molecule is CNC(c1cnsn1)c1ccc(F)cc1F. The van der Waals surface area contributed by atoms with Crippen molar-refractivity contribution in [1.29, 1.82) is 0 Å². The summed E-state index contributed by atoms with van der Waals surface area (Å²) in [5, 5.41) is 2.92. The molecule has 0 spiro atoms. The second-order valence-corrected chi connectivity index (χ2v) is 3.78. The molecule has 2 rings (SSSR count). The molecule has 0 aliphatic carbocycles. The van der Waals surface area contributed by atoms with Crippen molar-refractivity contribution in [3.8, 4) is 0 Å². The zero-order valence-electron chi connectivity index (χ0n) is 8.45. The van der Waals surface area contributed by atoms with Crippen molar-refractivity contribution in [2.75, 3.05) is 7.05 Å². The lowest BCUT2D eigenvalue weighted by Gasteiger charge is -2.14. The molecular weight excluding hydrogens is 232 g/mol. The Morgan fingerprint density at radius 1 is 1.38 bits per heavy atom. The van der Waals surface area contributed by atoms with Gasteiger partial charge in [-0.2, -0.15) is 8.75 Å². The van der Waals surface area contributed by atoms with Crippen LogP contribution >= 0.6 is 11.7 Å². The van der Waals surface area contributed by atoms with Gasteiger partial charge in [0.15, 0.2) is 0 Å². The summed E-state index contributed by atoms with van der Waals surface area (Å²) in [6.45, 7) is 0. The Balaban J connectivity index is 2.41. The summed E-state index contributed by atoms with van der Waals surface area (Å²) in [7, 11) is 1.69. The number of hydrogen-bond acceptors (Lipinski definition) is 4. The van der Waals surface area contributed by atoms with Crippen LogP contribution in [0.25, 0.3) is 0 Å². The molecule has 16 heavy (non-hydrogen) atoms. The van der Waals surface area contributed by atoms with Crippen LogP contribution in [-0.4, -0.2) is 15.8 Å². The Morgan fingerprint density at radius 3 is 2.75 bits per heavy atom. The lowest BCUT2D eigenvalue weighted by atomic mass is 10.0. The molecule has 0 saturated carbocycles. The third-order valence-electron chi connectivity index (χ3n) is 2.24. The molecular formula is C10H9F2N3S. The standard InChI is InChI=1S/C10H9F2N3S/c1-13-10(9-5-14-16-15-9)7-3-2-6(11)4-8(7)12/h2-5,10,13H,1H3. The smallest absolute Gasteiger partial charge is 0.131 e. The number of nitrogens with one attached hydrogen (secondary N) is 1. The molecule has 0 aliphatic heterocycles. The van der Waals surface area contributed by atoms with Gasteiger partial charge in [0.25, 0.3) is 0 Å². The van der Waals surface area contributed by atoms with Crippen LogP contribution in [0.3, 0.4) is 0 Å². The summed E-state index contributed by atoms with van der Waals surface area (Å²) >= 11 is 1.05. The molecule has 1 unspecified atom stereocenters. The Labute approximate surface area is 95.5 Å². The average molecular weight is 241 g/mol. The van der Waals surface area contributed by atoms with Gasteiger partial charge in [0, 0.05) is 11.6 Å². The summed E-state index contributed by atoms with van der Waals surface area (Å²) < 4.78 is 34.2. The van der Waals surface area contributed by atoms with Gasteiger partial charge in [-0.15, -0.1) is 0 Å². The number of benzene rings is 1. The van der Waals surface area contributed by atoms with Crippen LogP contribution in [0, 0.1) is 11.6 Å². The van der Waals surface area contributed by atoms with Gasteiger partial charge in [-0.25, -0.2) is 8.78 Å². The summed E-state index contributed by atoms with van der Waals surface area (Å²) in [6.07, 6.45) is 1.56. The van der Waals surface area contributed by atoms with Crippen molar-refractivity contribution in [3.05, 3.63) is 47.3 Å². The third kappa shape index (κ3) is 2.07. The molecule has 1 aromatic heterocycles. The van der Waals surface area contributed by atoms with Crippen LogP contribution in [0.2, 0.25) is 0 Å². The van der Waals surface area contributed by atoms with Gasteiger partial charge in [-0.3, -0.25) is 0 Å². The molecule has 3 nitrogen and oxygen atoms in total. The van der Waals surface area contributed by atoms with Gasteiger partial charge in [0.2, 0.25) is 0 Å². The summed E-state index contributed by atoms with van der Waals surface area (Å²) in [4.78, 5) is 0. The van der Waals surface area contributed by atoms with E-state index < -0.39 is 17.7 Å². The van der Waals surface area contributed by atoms with Gasteiger partial charge in [0.1, 0.15) is 11.6 Å². The van der Waals surface area contributed by atoms with E-state index in [1.54, 1.807) is 13.2 Å². The highest BCUT2D eigenvalue weighted by Crippen LogP contribution is 2.23. The second kappa shape index (κ2) is 4.63. The molecule has 1 atom stereocenters. The van der Waals surface area contributed by atoms with Crippen LogP contribution in [-0.2, 0) is 0 Å². The van der Waals surface area contributed by atoms with E-state index in [2.05, 4.69) is 14.1 Å². The Hall–Kier alpha value is -1.40. The largest absolute Gasteiger partial charge is 0.308 e. The lowest BCUT2D eigenvalue weighted by molar-refractivity contribution is 0.549. The van der Waals surface area contributed by atoms with Gasteiger partial charge < -0.3 is 5.32 Å². The van der Waals surface area contributed by atoms with E-state index in [9.17, 15) is 8.78 Å². The molecule has 1 N–H and O–H groups in total. The minimum atomic E-state index is -0.590. The topological polar surface area (TPSA) is 37.8 Å². The van der Waals surface area contributed by atoms with E-state index >= 15 is 0 Å². The predicted octanol–water partition coefficient (Wildman–Crippen LogP) is 2.13. The number of aromatic nitrogens is 2. The summed E-state index contributed by atoms with van der Waals surface area (Å²) in [5.74, 6) is -1.18. The first-order valence-corrected chi connectivity index (χ1v) is 5.35. The van der Waals surface area contributed by atoms with E-state index in [4.69, 9.17) is 0 Å². The number of rotatable bonds is 3. The predicted molar refractivity (Wildman–Crippen MR) is 57.2 cm³/mol. The van der Waals surface area contributed by atoms with Gasteiger partial charge in [-0.1, -0.05) is 6.07 Å². The second-order valence-electron chi connectivity index (χ2n) is 3.22. The number of halogens is 2. The van der Waals surface area contributed by atoms with Crippen molar-refractivity contribution in [2.24, 2.45) is 0 Å². The molecule has 84 valence electrons. The van der Waals surface area contributed by atoms with E-state index in [1.165, 1.54) is 12.1 Å². The molecule has 0 amide bonds. The summed E-state index contributed by atoms with van der Waals surface area (Å²) in [5.41, 5.74) is 0.981. The van der Waals surface area contributed by atoms with Crippen LogP contribution in [0.5, 0.6) is 0 Å². The first kappa shape index (κ1) is 11.1. The fraction of sp³-hybridized carbons (Fsp3) is 0.200. The third-order valence-corrected chi connectivity index (χ3v) is 2.73. The number of hydrogen-bond donors (Lipinski definition) is 1. The maximum atomic E-state index is 13.6. The molecule has 0 fully saturated rings. The first-order chi connectivity index (χ1) is 7.72. The van der Waals surface area contributed by atoms with Crippen molar-refractivity contribution in [2.45, 2.75) is 6.04 Å². The minimum Gasteiger partial charge on any atom is -0.308 e. The van der Waals surface area contributed by atoms with Gasteiger partial charge in [-0.05, 0) is 13.1 Å². The normalized spacial score (nSPS) is 12.7. The van der Waals surface area contributed by atoms with Crippen LogP contribution in [0.1, 0.15) is 17.3 Å². The zero-order chi connectivity index (χ0) is 11.5. The Kier molecular flexibility index (Phi) is 3.21.